The molecule has 0 fully saturated rings. The van der Waals surface area contributed by atoms with Crippen LogP contribution >= 0.6 is 0 Å². The van der Waals surface area contributed by atoms with Gasteiger partial charge in [0, 0.05) is 18.3 Å². The van der Waals surface area contributed by atoms with Crippen molar-refractivity contribution in [2.75, 3.05) is 13.2 Å². The Morgan fingerprint density at radius 2 is 2.31 bits per heavy atom. The van der Waals surface area contributed by atoms with Crippen molar-refractivity contribution in [2.45, 2.75) is 26.7 Å². The second-order valence-electron chi connectivity index (χ2n) is 2.82. The summed E-state index contributed by atoms with van der Waals surface area (Å²) in [5.74, 6) is -0.359. The predicted octanol–water partition coefficient (Wildman–Crippen LogP) is 1.98. The van der Waals surface area contributed by atoms with Crippen LogP contribution in [0.5, 0.6) is 0 Å². The van der Waals surface area contributed by atoms with E-state index in [9.17, 15) is 4.79 Å². The van der Waals surface area contributed by atoms with E-state index in [4.69, 9.17) is 4.74 Å². The van der Waals surface area contributed by atoms with Gasteiger partial charge in [0.15, 0.2) is 0 Å². The molecule has 13 heavy (non-hydrogen) atoms. The van der Waals surface area contributed by atoms with Gasteiger partial charge in [-0.05, 0) is 13.3 Å². The molecule has 0 unspecified atom stereocenters. The Labute approximate surface area is 79.5 Å². The normalized spacial score (nSPS) is 10.3. The molecule has 0 aliphatic rings. The van der Waals surface area contributed by atoms with Crippen LogP contribution in [0.15, 0.2) is 17.1 Å². The summed E-state index contributed by atoms with van der Waals surface area (Å²) in [6.45, 7) is 8.25. The Balaban J connectivity index is 3.39. The van der Waals surface area contributed by atoms with Crippen LogP contribution in [0.1, 0.15) is 26.7 Å². The van der Waals surface area contributed by atoms with Crippen molar-refractivity contribution >= 4 is 12.2 Å². The van der Waals surface area contributed by atoms with Crippen LogP contribution in [-0.4, -0.2) is 25.3 Å². The third-order valence-electron chi connectivity index (χ3n) is 1.41. The van der Waals surface area contributed by atoms with Crippen LogP contribution < -0.4 is 0 Å². The first-order valence-corrected chi connectivity index (χ1v) is 4.49. The lowest BCUT2D eigenvalue weighted by molar-refractivity contribution is -0.137. The minimum Gasteiger partial charge on any atom is -0.457 e. The first kappa shape index (κ1) is 11.9. The Kier molecular flexibility index (Phi) is 6.88. The fraction of sp³-hybridized carbons (Fsp3) is 0.600. The van der Waals surface area contributed by atoms with Crippen LogP contribution in [0, 0.1) is 0 Å². The maximum absolute atomic E-state index is 10.8. The summed E-state index contributed by atoms with van der Waals surface area (Å²) in [5.41, 5.74) is 0.418. The highest BCUT2D eigenvalue weighted by Crippen LogP contribution is 1.90. The highest BCUT2D eigenvalue weighted by molar-refractivity contribution is 5.87. The van der Waals surface area contributed by atoms with Gasteiger partial charge in [-0.1, -0.05) is 19.9 Å². The lowest BCUT2D eigenvalue weighted by Gasteiger charge is -1.98. The fourth-order valence-electron chi connectivity index (χ4n) is 0.630. The quantitative estimate of drug-likeness (QED) is 0.273. The number of hydrogen-bond acceptors (Lipinski definition) is 3. The molecule has 0 aromatic heterocycles. The van der Waals surface area contributed by atoms with Crippen LogP contribution in [0.3, 0.4) is 0 Å². The minimum atomic E-state index is -0.359. The van der Waals surface area contributed by atoms with Crippen LogP contribution in [0.4, 0.5) is 0 Å². The lowest BCUT2D eigenvalue weighted by atomic mass is 10.3. The van der Waals surface area contributed by atoms with Crippen molar-refractivity contribution in [3.05, 3.63) is 12.2 Å². The van der Waals surface area contributed by atoms with E-state index in [0.717, 1.165) is 19.4 Å². The zero-order valence-electron chi connectivity index (χ0n) is 8.38. The standard InChI is InChI=1S/C10H17NO2/c1-4-5-6-11-7-8-13-10(12)9(2)3/h7H,2,4-6,8H2,1,3H3. The smallest absolute Gasteiger partial charge is 0.333 e. The zero-order valence-corrected chi connectivity index (χ0v) is 8.38. The monoisotopic (exact) mass is 183 g/mol. The van der Waals surface area contributed by atoms with Gasteiger partial charge in [0.25, 0.3) is 0 Å². The van der Waals surface area contributed by atoms with E-state index in [1.54, 1.807) is 13.1 Å². The summed E-state index contributed by atoms with van der Waals surface area (Å²) in [6.07, 6.45) is 3.82. The number of unbranched alkanes of at least 4 members (excludes halogenated alkanes) is 1. The number of carbonyl (C=O) groups is 1. The van der Waals surface area contributed by atoms with Gasteiger partial charge in [-0.15, -0.1) is 0 Å². The minimum absolute atomic E-state index is 0.245. The Bertz CT molecular complexity index is 197. The van der Waals surface area contributed by atoms with E-state index in [-0.39, 0.29) is 12.6 Å². The SMILES string of the molecule is C=C(C)C(=O)OCC=NCCCC. The van der Waals surface area contributed by atoms with E-state index in [1.165, 1.54) is 0 Å². The summed E-state index contributed by atoms with van der Waals surface area (Å²) in [6, 6.07) is 0. The number of esters is 1. The van der Waals surface area contributed by atoms with Gasteiger partial charge in [-0.3, -0.25) is 4.99 Å². The van der Waals surface area contributed by atoms with E-state index in [2.05, 4.69) is 18.5 Å². The molecule has 0 saturated carbocycles. The molecule has 0 bridgehead atoms. The molecule has 0 rings (SSSR count). The predicted molar refractivity (Wildman–Crippen MR) is 54.0 cm³/mol. The summed E-state index contributed by atoms with van der Waals surface area (Å²) >= 11 is 0. The van der Waals surface area contributed by atoms with Gasteiger partial charge in [0.2, 0.25) is 0 Å². The second-order valence-corrected chi connectivity index (χ2v) is 2.82. The van der Waals surface area contributed by atoms with Gasteiger partial charge < -0.3 is 4.74 Å². The van der Waals surface area contributed by atoms with Crippen molar-refractivity contribution in [2.24, 2.45) is 4.99 Å². The van der Waals surface area contributed by atoms with Crippen molar-refractivity contribution < 1.29 is 9.53 Å². The van der Waals surface area contributed by atoms with Crippen molar-refractivity contribution in [1.29, 1.82) is 0 Å². The molecule has 3 heteroatoms. The van der Waals surface area contributed by atoms with Crippen LogP contribution in [0.2, 0.25) is 0 Å². The zero-order chi connectivity index (χ0) is 10.1. The van der Waals surface area contributed by atoms with Crippen molar-refractivity contribution in [3.63, 3.8) is 0 Å². The lowest BCUT2D eigenvalue weighted by Crippen LogP contribution is -2.06. The summed E-state index contributed by atoms with van der Waals surface area (Å²) in [7, 11) is 0. The largest absolute Gasteiger partial charge is 0.457 e. The molecule has 0 spiro atoms. The maximum atomic E-state index is 10.8. The molecular weight excluding hydrogens is 166 g/mol. The average Bonchev–Trinajstić information content (AvgIpc) is 2.10. The molecule has 0 heterocycles. The average molecular weight is 183 g/mol. The Morgan fingerprint density at radius 3 is 2.85 bits per heavy atom. The number of hydrogen-bond donors (Lipinski definition) is 0. The molecule has 0 aromatic rings. The fourth-order valence-corrected chi connectivity index (χ4v) is 0.630. The van der Waals surface area contributed by atoms with Gasteiger partial charge in [0.1, 0.15) is 6.61 Å². The molecule has 0 radical (unpaired) electrons. The van der Waals surface area contributed by atoms with Gasteiger partial charge in [0.05, 0.1) is 0 Å². The van der Waals surface area contributed by atoms with Gasteiger partial charge in [-0.25, -0.2) is 4.79 Å². The Hall–Kier alpha value is -1.12. The molecule has 0 N–H and O–H groups in total. The number of nitrogens with zero attached hydrogens (tertiary/aromatic N) is 1. The third-order valence-corrected chi connectivity index (χ3v) is 1.41. The first-order valence-electron chi connectivity index (χ1n) is 4.49. The van der Waals surface area contributed by atoms with Crippen LogP contribution in [-0.2, 0) is 9.53 Å². The van der Waals surface area contributed by atoms with E-state index in [0.29, 0.717) is 5.57 Å². The molecule has 0 aromatic carbocycles. The summed E-state index contributed by atoms with van der Waals surface area (Å²) < 4.78 is 4.80. The summed E-state index contributed by atoms with van der Waals surface area (Å²) in [4.78, 5) is 14.9. The topological polar surface area (TPSA) is 38.7 Å². The highest BCUT2D eigenvalue weighted by atomic mass is 16.5. The molecule has 0 atom stereocenters. The summed E-state index contributed by atoms with van der Waals surface area (Å²) in [5, 5.41) is 0. The number of aliphatic imine (C=N–C) groups is 1. The first-order chi connectivity index (χ1) is 6.18. The maximum Gasteiger partial charge on any atom is 0.333 e. The molecular formula is C10H17NO2. The second kappa shape index (κ2) is 7.53. The molecule has 0 saturated heterocycles. The highest BCUT2D eigenvalue weighted by Gasteiger charge is 1.99. The van der Waals surface area contributed by atoms with Gasteiger partial charge >= 0.3 is 5.97 Å². The third kappa shape index (κ3) is 7.25. The van der Waals surface area contributed by atoms with E-state index >= 15 is 0 Å². The molecule has 3 nitrogen and oxygen atoms in total. The van der Waals surface area contributed by atoms with E-state index in [1.807, 2.05) is 0 Å². The molecule has 0 aliphatic carbocycles. The molecule has 74 valence electrons. The molecule has 0 aliphatic heterocycles. The van der Waals surface area contributed by atoms with Gasteiger partial charge in [-0.2, -0.15) is 0 Å². The number of rotatable bonds is 6. The van der Waals surface area contributed by atoms with Crippen LogP contribution in [0.25, 0.3) is 0 Å². The number of ether oxygens (including phenoxy) is 1. The van der Waals surface area contributed by atoms with E-state index < -0.39 is 0 Å². The molecule has 0 amide bonds. The van der Waals surface area contributed by atoms with Crippen molar-refractivity contribution in [3.8, 4) is 0 Å². The Morgan fingerprint density at radius 1 is 1.62 bits per heavy atom. The van der Waals surface area contributed by atoms with Crippen molar-refractivity contribution in [1.82, 2.24) is 0 Å². The number of carbonyl (C=O) groups excluding carboxylic acids is 1.